The maximum absolute atomic E-state index is 12.1. The van der Waals surface area contributed by atoms with Crippen molar-refractivity contribution in [2.75, 3.05) is 25.6 Å². The zero-order chi connectivity index (χ0) is 14.5. The number of carboxylic acid groups (broad SMARTS) is 1. The Balaban J connectivity index is 2.76. The first-order valence-electron chi connectivity index (χ1n) is 5.57. The second kappa shape index (κ2) is 6.92. The summed E-state index contributed by atoms with van der Waals surface area (Å²) >= 11 is 1.66. The SMILES string of the molecule is CSCCCN(C)S(=O)(=O)c1cnn(CC(=O)O)c1. The van der Waals surface area contributed by atoms with E-state index < -0.39 is 16.0 Å². The Bertz CT molecular complexity index is 527. The molecule has 1 aromatic rings. The van der Waals surface area contributed by atoms with Crippen molar-refractivity contribution in [1.29, 1.82) is 0 Å². The smallest absolute Gasteiger partial charge is 0.325 e. The summed E-state index contributed by atoms with van der Waals surface area (Å²) in [6.45, 7) is 0.0684. The molecule has 0 saturated heterocycles. The minimum Gasteiger partial charge on any atom is -0.480 e. The molecule has 1 N–H and O–H groups in total. The van der Waals surface area contributed by atoms with Crippen LogP contribution in [0.3, 0.4) is 0 Å². The Labute approximate surface area is 116 Å². The average Bonchev–Trinajstić information content (AvgIpc) is 2.77. The van der Waals surface area contributed by atoms with Gasteiger partial charge in [0.05, 0.1) is 6.20 Å². The van der Waals surface area contributed by atoms with Gasteiger partial charge >= 0.3 is 5.97 Å². The topological polar surface area (TPSA) is 92.5 Å². The maximum Gasteiger partial charge on any atom is 0.325 e. The molecule has 0 unspecified atom stereocenters. The molecule has 0 radical (unpaired) electrons. The van der Waals surface area contributed by atoms with Crippen molar-refractivity contribution in [2.24, 2.45) is 0 Å². The van der Waals surface area contributed by atoms with Crippen molar-refractivity contribution in [3.63, 3.8) is 0 Å². The fourth-order valence-corrected chi connectivity index (χ4v) is 3.02. The summed E-state index contributed by atoms with van der Waals surface area (Å²) in [6.07, 6.45) is 5.13. The Morgan fingerprint density at radius 1 is 1.58 bits per heavy atom. The van der Waals surface area contributed by atoms with Crippen molar-refractivity contribution in [3.05, 3.63) is 12.4 Å². The van der Waals surface area contributed by atoms with E-state index in [1.54, 1.807) is 11.8 Å². The van der Waals surface area contributed by atoms with Gasteiger partial charge in [-0.2, -0.15) is 16.9 Å². The summed E-state index contributed by atoms with van der Waals surface area (Å²) < 4.78 is 26.6. The third-order valence-corrected chi connectivity index (χ3v) is 4.94. The lowest BCUT2D eigenvalue weighted by atomic mass is 10.5. The van der Waals surface area contributed by atoms with E-state index in [0.29, 0.717) is 6.54 Å². The highest BCUT2D eigenvalue weighted by Crippen LogP contribution is 2.13. The molecule has 0 aliphatic carbocycles. The van der Waals surface area contributed by atoms with Gasteiger partial charge in [-0.3, -0.25) is 9.48 Å². The van der Waals surface area contributed by atoms with Crippen molar-refractivity contribution < 1.29 is 18.3 Å². The van der Waals surface area contributed by atoms with Crippen LogP contribution >= 0.6 is 11.8 Å². The third-order valence-electron chi connectivity index (χ3n) is 2.44. The van der Waals surface area contributed by atoms with Gasteiger partial charge in [0.1, 0.15) is 11.4 Å². The molecular weight excluding hydrogens is 290 g/mol. The van der Waals surface area contributed by atoms with Crippen LogP contribution < -0.4 is 0 Å². The fourth-order valence-electron chi connectivity index (χ4n) is 1.43. The second-order valence-corrected chi connectivity index (χ2v) is 6.97. The zero-order valence-electron chi connectivity index (χ0n) is 10.8. The van der Waals surface area contributed by atoms with Gasteiger partial charge in [0.15, 0.2) is 0 Å². The van der Waals surface area contributed by atoms with Crippen LogP contribution in [0.2, 0.25) is 0 Å². The van der Waals surface area contributed by atoms with Crippen LogP contribution in [-0.2, 0) is 21.4 Å². The Morgan fingerprint density at radius 3 is 2.84 bits per heavy atom. The first kappa shape index (κ1) is 16.0. The number of carbonyl (C=O) groups is 1. The summed E-state index contributed by atoms with van der Waals surface area (Å²) in [4.78, 5) is 10.5. The number of thioether (sulfide) groups is 1. The fraction of sp³-hybridized carbons (Fsp3) is 0.600. The summed E-state index contributed by atoms with van der Waals surface area (Å²) in [6, 6.07) is 0. The van der Waals surface area contributed by atoms with Gasteiger partial charge in [0.2, 0.25) is 10.0 Å². The lowest BCUT2D eigenvalue weighted by Crippen LogP contribution is -2.28. The lowest BCUT2D eigenvalue weighted by Gasteiger charge is -2.15. The molecular formula is C10H17N3O4S2. The standard InChI is InChI=1S/C10H17N3O4S2/c1-12(4-3-5-18-2)19(16,17)9-6-11-13(7-9)8-10(14)15/h6-7H,3-5,8H2,1-2H3,(H,14,15). The van der Waals surface area contributed by atoms with Crippen LogP contribution in [-0.4, -0.2) is 59.2 Å². The minimum absolute atomic E-state index is 0.0143. The van der Waals surface area contributed by atoms with Gasteiger partial charge in [-0.1, -0.05) is 0 Å². The number of sulfonamides is 1. The maximum atomic E-state index is 12.1. The highest BCUT2D eigenvalue weighted by molar-refractivity contribution is 7.98. The Hall–Kier alpha value is -1.06. The van der Waals surface area contributed by atoms with Crippen molar-refractivity contribution in [3.8, 4) is 0 Å². The lowest BCUT2D eigenvalue weighted by molar-refractivity contribution is -0.137. The van der Waals surface area contributed by atoms with E-state index in [-0.39, 0.29) is 11.4 Å². The summed E-state index contributed by atoms with van der Waals surface area (Å²) in [5.41, 5.74) is 0. The van der Waals surface area contributed by atoms with Crippen molar-refractivity contribution in [1.82, 2.24) is 14.1 Å². The number of rotatable bonds is 8. The molecule has 7 nitrogen and oxygen atoms in total. The first-order valence-corrected chi connectivity index (χ1v) is 8.41. The predicted octanol–water partition coefficient (Wildman–Crippen LogP) is 0.341. The second-order valence-electron chi connectivity index (χ2n) is 3.94. The van der Waals surface area contributed by atoms with Gasteiger partial charge < -0.3 is 5.11 Å². The molecule has 0 spiro atoms. The van der Waals surface area contributed by atoms with Crippen LogP contribution in [0.25, 0.3) is 0 Å². The van der Waals surface area contributed by atoms with E-state index in [2.05, 4.69) is 5.10 Å². The molecule has 0 aliphatic heterocycles. The Kier molecular flexibility index (Phi) is 5.83. The van der Waals surface area contributed by atoms with Gasteiger partial charge in [-0.15, -0.1) is 0 Å². The van der Waals surface area contributed by atoms with Gasteiger partial charge in [-0.25, -0.2) is 12.7 Å². The number of hydrogen-bond donors (Lipinski definition) is 1. The van der Waals surface area contributed by atoms with E-state index in [1.807, 2.05) is 6.26 Å². The van der Waals surface area contributed by atoms with E-state index in [0.717, 1.165) is 16.9 Å². The average molecular weight is 307 g/mol. The van der Waals surface area contributed by atoms with Crippen LogP contribution in [0.15, 0.2) is 17.3 Å². The molecule has 0 fully saturated rings. The van der Waals surface area contributed by atoms with Gasteiger partial charge in [0.25, 0.3) is 0 Å². The van der Waals surface area contributed by atoms with Gasteiger partial charge in [0, 0.05) is 19.8 Å². The number of aliphatic carboxylic acids is 1. The Morgan fingerprint density at radius 2 is 2.26 bits per heavy atom. The van der Waals surface area contributed by atoms with E-state index in [1.165, 1.54) is 23.7 Å². The van der Waals surface area contributed by atoms with Crippen LogP contribution in [0.5, 0.6) is 0 Å². The molecule has 108 valence electrons. The molecule has 1 heterocycles. The molecule has 19 heavy (non-hydrogen) atoms. The molecule has 0 amide bonds. The van der Waals surface area contributed by atoms with E-state index >= 15 is 0 Å². The quantitative estimate of drug-likeness (QED) is 0.696. The molecule has 9 heteroatoms. The summed E-state index contributed by atoms with van der Waals surface area (Å²) in [7, 11) is -2.08. The highest BCUT2D eigenvalue weighted by atomic mass is 32.2. The van der Waals surface area contributed by atoms with Crippen LogP contribution in [0.4, 0.5) is 0 Å². The third kappa shape index (κ3) is 4.51. The zero-order valence-corrected chi connectivity index (χ0v) is 12.4. The largest absolute Gasteiger partial charge is 0.480 e. The normalized spacial score (nSPS) is 11.9. The molecule has 0 atom stereocenters. The number of hydrogen-bond acceptors (Lipinski definition) is 5. The molecule has 1 rings (SSSR count). The molecule has 0 aliphatic rings. The predicted molar refractivity (Wildman–Crippen MR) is 72.7 cm³/mol. The van der Waals surface area contributed by atoms with Gasteiger partial charge in [-0.05, 0) is 18.4 Å². The van der Waals surface area contributed by atoms with Crippen LogP contribution in [0.1, 0.15) is 6.42 Å². The van der Waals surface area contributed by atoms with Crippen LogP contribution in [0, 0.1) is 0 Å². The van der Waals surface area contributed by atoms with Crippen molar-refractivity contribution >= 4 is 27.8 Å². The number of carboxylic acids is 1. The summed E-state index contributed by atoms with van der Waals surface area (Å²) in [5, 5.41) is 12.3. The molecule has 1 aromatic heterocycles. The molecule has 0 aromatic carbocycles. The van der Waals surface area contributed by atoms with E-state index in [9.17, 15) is 13.2 Å². The monoisotopic (exact) mass is 307 g/mol. The number of aromatic nitrogens is 2. The molecule has 0 bridgehead atoms. The van der Waals surface area contributed by atoms with Crippen molar-refractivity contribution in [2.45, 2.75) is 17.9 Å². The highest BCUT2D eigenvalue weighted by Gasteiger charge is 2.22. The first-order chi connectivity index (χ1) is 8.87. The minimum atomic E-state index is -3.59. The van der Waals surface area contributed by atoms with E-state index in [4.69, 9.17) is 5.11 Å². The molecule has 0 saturated carbocycles. The number of nitrogens with zero attached hydrogens (tertiary/aromatic N) is 3. The summed E-state index contributed by atoms with van der Waals surface area (Å²) in [5.74, 6) is -0.182.